The number of carbonyl (C=O) groups excluding carboxylic acids is 3. The molecule has 4 rings (SSSR count). The molecule has 0 spiro atoms. The molecule has 2 aromatic rings. The third-order valence-corrected chi connectivity index (χ3v) is 6.83. The van der Waals surface area contributed by atoms with Crippen LogP contribution in [0.15, 0.2) is 60.7 Å². The Labute approximate surface area is 200 Å². The highest BCUT2D eigenvalue weighted by Crippen LogP contribution is 2.30. The fraction of sp³-hybridized carbons (Fsp3) is 0.444. The summed E-state index contributed by atoms with van der Waals surface area (Å²) in [5, 5.41) is 6.05. The van der Waals surface area contributed by atoms with Gasteiger partial charge in [-0.2, -0.15) is 0 Å². The fourth-order valence-electron chi connectivity index (χ4n) is 4.64. The molecular weight excluding hydrogens is 430 g/mol. The SMILES string of the molecule is CC[C@@H](C)C(=O)N[C@H]1CCO[C@H]2CCC(C(=O)NC(c3ccccc3)c3ccccc3)N2C1=O. The van der Waals surface area contributed by atoms with E-state index in [1.165, 1.54) is 0 Å². The molecule has 0 bridgehead atoms. The number of amides is 3. The van der Waals surface area contributed by atoms with E-state index in [1.807, 2.05) is 74.5 Å². The number of carbonyl (C=O) groups is 3. The predicted molar refractivity (Wildman–Crippen MR) is 128 cm³/mol. The molecule has 0 aliphatic carbocycles. The van der Waals surface area contributed by atoms with Crippen LogP contribution in [-0.2, 0) is 19.1 Å². The Morgan fingerprint density at radius 1 is 1.00 bits per heavy atom. The molecule has 7 heteroatoms. The summed E-state index contributed by atoms with van der Waals surface area (Å²) in [4.78, 5) is 41.0. The molecule has 2 aliphatic rings. The van der Waals surface area contributed by atoms with Gasteiger partial charge < -0.3 is 20.3 Å². The van der Waals surface area contributed by atoms with Gasteiger partial charge in [-0.25, -0.2) is 0 Å². The van der Waals surface area contributed by atoms with Crippen molar-refractivity contribution in [2.75, 3.05) is 6.61 Å². The summed E-state index contributed by atoms with van der Waals surface area (Å²) >= 11 is 0. The molecule has 2 heterocycles. The number of hydrogen-bond acceptors (Lipinski definition) is 4. The molecule has 7 nitrogen and oxygen atoms in total. The summed E-state index contributed by atoms with van der Waals surface area (Å²) in [5.41, 5.74) is 1.93. The number of nitrogens with zero attached hydrogens (tertiary/aromatic N) is 1. The first-order valence-corrected chi connectivity index (χ1v) is 12.1. The van der Waals surface area contributed by atoms with E-state index >= 15 is 0 Å². The molecule has 2 fully saturated rings. The minimum atomic E-state index is -0.682. The third-order valence-electron chi connectivity index (χ3n) is 6.83. The maximum absolute atomic E-state index is 13.6. The molecule has 2 N–H and O–H groups in total. The quantitative estimate of drug-likeness (QED) is 0.660. The number of benzene rings is 2. The lowest BCUT2D eigenvalue weighted by molar-refractivity contribution is -0.149. The molecule has 180 valence electrons. The number of rotatable bonds is 7. The molecule has 4 atom stereocenters. The van der Waals surface area contributed by atoms with E-state index in [0.717, 1.165) is 11.1 Å². The van der Waals surface area contributed by atoms with Crippen molar-refractivity contribution in [1.82, 2.24) is 15.5 Å². The largest absolute Gasteiger partial charge is 0.358 e. The monoisotopic (exact) mass is 463 g/mol. The van der Waals surface area contributed by atoms with Gasteiger partial charge in [0.2, 0.25) is 17.7 Å². The van der Waals surface area contributed by atoms with Crippen molar-refractivity contribution < 1.29 is 19.1 Å². The maximum Gasteiger partial charge on any atom is 0.247 e. The molecule has 3 amide bonds. The first-order chi connectivity index (χ1) is 16.5. The van der Waals surface area contributed by atoms with Crippen LogP contribution < -0.4 is 10.6 Å². The van der Waals surface area contributed by atoms with Crippen molar-refractivity contribution in [3.05, 3.63) is 71.8 Å². The van der Waals surface area contributed by atoms with E-state index in [9.17, 15) is 14.4 Å². The Morgan fingerprint density at radius 3 is 2.21 bits per heavy atom. The average Bonchev–Trinajstić information content (AvgIpc) is 3.24. The van der Waals surface area contributed by atoms with Gasteiger partial charge >= 0.3 is 0 Å². The second kappa shape index (κ2) is 10.8. The highest BCUT2D eigenvalue weighted by atomic mass is 16.5. The van der Waals surface area contributed by atoms with E-state index in [1.54, 1.807) is 4.90 Å². The van der Waals surface area contributed by atoms with Crippen LogP contribution in [0.2, 0.25) is 0 Å². The zero-order valence-corrected chi connectivity index (χ0v) is 19.8. The maximum atomic E-state index is 13.6. The smallest absolute Gasteiger partial charge is 0.247 e. The Balaban J connectivity index is 1.54. The van der Waals surface area contributed by atoms with Gasteiger partial charge in [-0.3, -0.25) is 14.4 Å². The Kier molecular flexibility index (Phi) is 7.63. The number of nitrogens with one attached hydrogen (secondary N) is 2. The van der Waals surface area contributed by atoms with Gasteiger partial charge in [-0.15, -0.1) is 0 Å². The van der Waals surface area contributed by atoms with Crippen LogP contribution in [0.4, 0.5) is 0 Å². The van der Waals surface area contributed by atoms with Crippen molar-refractivity contribution in [3.8, 4) is 0 Å². The predicted octanol–water partition coefficient (Wildman–Crippen LogP) is 3.16. The summed E-state index contributed by atoms with van der Waals surface area (Å²) in [6, 6.07) is 17.9. The minimum Gasteiger partial charge on any atom is -0.358 e. The second-order valence-corrected chi connectivity index (χ2v) is 9.09. The molecule has 1 unspecified atom stereocenters. The molecular formula is C27H33N3O4. The summed E-state index contributed by atoms with van der Waals surface area (Å²) in [6.07, 6.45) is 1.77. The van der Waals surface area contributed by atoms with Gasteiger partial charge in [-0.1, -0.05) is 74.5 Å². The van der Waals surface area contributed by atoms with Gasteiger partial charge in [0.15, 0.2) is 0 Å². The van der Waals surface area contributed by atoms with E-state index in [4.69, 9.17) is 4.74 Å². The van der Waals surface area contributed by atoms with Crippen LogP contribution in [0.5, 0.6) is 0 Å². The number of hydrogen-bond donors (Lipinski definition) is 2. The molecule has 2 aliphatic heterocycles. The van der Waals surface area contributed by atoms with Crippen molar-refractivity contribution in [3.63, 3.8) is 0 Å². The summed E-state index contributed by atoms with van der Waals surface area (Å²) in [7, 11) is 0. The van der Waals surface area contributed by atoms with Gasteiger partial charge in [-0.05, 0) is 30.4 Å². The lowest BCUT2D eigenvalue weighted by Crippen LogP contribution is -2.55. The molecule has 0 radical (unpaired) electrons. The van der Waals surface area contributed by atoms with Gasteiger partial charge in [0.1, 0.15) is 18.3 Å². The lowest BCUT2D eigenvalue weighted by atomic mass is 9.98. The second-order valence-electron chi connectivity index (χ2n) is 9.09. The fourth-order valence-corrected chi connectivity index (χ4v) is 4.64. The zero-order valence-electron chi connectivity index (χ0n) is 19.8. The van der Waals surface area contributed by atoms with Gasteiger partial charge in [0, 0.05) is 12.3 Å². The van der Waals surface area contributed by atoms with E-state index in [0.29, 0.717) is 32.3 Å². The van der Waals surface area contributed by atoms with Crippen LogP contribution in [0, 0.1) is 5.92 Å². The third kappa shape index (κ3) is 5.14. The Morgan fingerprint density at radius 2 is 1.62 bits per heavy atom. The van der Waals surface area contributed by atoms with Crippen LogP contribution in [0.3, 0.4) is 0 Å². The van der Waals surface area contributed by atoms with Crippen LogP contribution >= 0.6 is 0 Å². The van der Waals surface area contributed by atoms with E-state index < -0.39 is 18.3 Å². The standard InChI is InChI=1S/C27H33N3O4/c1-3-18(2)25(31)28-21-16-17-34-23-15-14-22(30(23)27(21)33)26(32)29-24(19-10-6-4-7-11-19)20-12-8-5-9-13-20/h4-13,18,21-24H,3,14-17H2,1-2H3,(H,28,31)(H,29,32)/t18-,21+,22?,23+/m1/s1. The van der Waals surface area contributed by atoms with Crippen LogP contribution in [0.25, 0.3) is 0 Å². The van der Waals surface area contributed by atoms with E-state index in [-0.39, 0.29) is 29.7 Å². The molecule has 2 saturated heterocycles. The molecule has 2 aromatic carbocycles. The molecule has 34 heavy (non-hydrogen) atoms. The first kappa shape index (κ1) is 24.0. The topological polar surface area (TPSA) is 87.7 Å². The van der Waals surface area contributed by atoms with Crippen LogP contribution in [-0.4, -0.2) is 47.5 Å². The summed E-state index contributed by atoms with van der Waals surface area (Å²) in [5.74, 6) is -0.783. The minimum absolute atomic E-state index is 0.146. The van der Waals surface area contributed by atoms with Crippen molar-refractivity contribution in [2.45, 2.75) is 63.9 Å². The van der Waals surface area contributed by atoms with Crippen molar-refractivity contribution in [2.24, 2.45) is 5.92 Å². The number of ether oxygens (including phenoxy) is 1. The summed E-state index contributed by atoms with van der Waals surface area (Å²) < 4.78 is 5.92. The lowest BCUT2D eigenvalue weighted by Gasteiger charge is -2.31. The van der Waals surface area contributed by atoms with Crippen molar-refractivity contribution in [1.29, 1.82) is 0 Å². The highest BCUT2D eigenvalue weighted by Gasteiger charge is 2.46. The van der Waals surface area contributed by atoms with Gasteiger partial charge in [0.05, 0.1) is 12.6 Å². The Bertz CT molecular complexity index is 958. The molecule has 0 saturated carbocycles. The number of fused-ring (bicyclic) bond motifs is 1. The highest BCUT2D eigenvalue weighted by molar-refractivity contribution is 5.93. The van der Waals surface area contributed by atoms with E-state index in [2.05, 4.69) is 10.6 Å². The van der Waals surface area contributed by atoms with Crippen LogP contribution in [0.1, 0.15) is 56.7 Å². The first-order valence-electron chi connectivity index (χ1n) is 12.1. The summed E-state index contributed by atoms with van der Waals surface area (Å²) in [6.45, 7) is 4.15. The zero-order chi connectivity index (χ0) is 24.1. The average molecular weight is 464 g/mol. The van der Waals surface area contributed by atoms with Crippen molar-refractivity contribution >= 4 is 17.7 Å². The normalized spacial score (nSPS) is 23.2. The van der Waals surface area contributed by atoms with Gasteiger partial charge in [0.25, 0.3) is 0 Å². The molecule has 0 aromatic heterocycles. The Hall–Kier alpha value is -3.19.